The van der Waals surface area contributed by atoms with Crippen molar-refractivity contribution in [2.24, 2.45) is 0 Å². The number of rotatable bonds is 4. The lowest BCUT2D eigenvalue weighted by Gasteiger charge is -2.09. The van der Waals surface area contributed by atoms with Gasteiger partial charge in [-0.25, -0.2) is 9.78 Å². The molecule has 0 saturated heterocycles. The normalized spacial score (nSPS) is 12.0. The molecule has 1 aromatic heterocycles. The Hall–Kier alpha value is -3.48. The highest BCUT2D eigenvalue weighted by Gasteiger charge is 2.13. The zero-order valence-corrected chi connectivity index (χ0v) is 14.2. The van der Waals surface area contributed by atoms with Crippen LogP contribution >= 0.6 is 0 Å². The van der Waals surface area contributed by atoms with Gasteiger partial charge in [-0.15, -0.1) is 0 Å². The second kappa shape index (κ2) is 6.79. The number of nitrogens with one attached hydrogen (secondary N) is 2. The van der Waals surface area contributed by atoms with Crippen LogP contribution in [0.15, 0.2) is 55.0 Å². The molecule has 2 N–H and O–H groups in total. The number of carbonyl (C=O) groups excluding carboxylic acids is 1. The number of hydrogen-bond acceptors (Lipinski definition) is 4. The number of anilines is 1. The number of aryl methyl sites for hydroxylation is 1. The summed E-state index contributed by atoms with van der Waals surface area (Å²) in [5.41, 5.74) is 3.59. The minimum Gasteiger partial charge on any atom is -0.454 e. The van der Waals surface area contributed by atoms with E-state index in [2.05, 4.69) is 15.6 Å². The SMILES string of the molecule is Cc1cn(-c2ccc(NC(=O)NCc3ccc4c(c3)OCO4)cc2)cn1. The summed E-state index contributed by atoms with van der Waals surface area (Å²) in [5.74, 6) is 1.43. The van der Waals surface area contributed by atoms with Gasteiger partial charge >= 0.3 is 6.03 Å². The topological polar surface area (TPSA) is 77.4 Å². The summed E-state index contributed by atoms with van der Waals surface area (Å²) in [6.45, 7) is 2.58. The molecule has 0 fully saturated rings. The molecule has 0 bridgehead atoms. The van der Waals surface area contributed by atoms with Gasteiger partial charge in [0.25, 0.3) is 0 Å². The van der Waals surface area contributed by atoms with E-state index < -0.39 is 0 Å². The van der Waals surface area contributed by atoms with Gasteiger partial charge in [0.1, 0.15) is 0 Å². The van der Waals surface area contributed by atoms with Crippen LogP contribution in [0.4, 0.5) is 10.5 Å². The highest BCUT2D eigenvalue weighted by atomic mass is 16.7. The largest absolute Gasteiger partial charge is 0.454 e. The van der Waals surface area contributed by atoms with Crippen LogP contribution < -0.4 is 20.1 Å². The van der Waals surface area contributed by atoms with E-state index >= 15 is 0 Å². The summed E-state index contributed by atoms with van der Waals surface area (Å²) in [5, 5.41) is 5.64. The standard InChI is InChI=1S/C19H18N4O3/c1-13-10-23(11-21-13)16-5-3-15(4-6-16)22-19(24)20-9-14-2-7-17-18(8-14)26-12-25-17/h2-8,10-11H,9,12H2,1H3,(H2,20,22,24). The summed E-state index contributed by atoms with van der Waals surface area (Å²) >= 11 is 0. The summed E-state index contributed by atoms with van der Waals surface area (Å²) in [6.07, 6.45) is 3.70. The fraction of sp³-hybridized carbons (Fsp3) is 0.158. The molecular formula is C19H18N4O3. The molecule has 2 aromatic carbocycles. The van der Waals surface area contributed by atoms with Crippen LogP contribution in [0.25, 0.3) is 5.69 Å². The van der Waals surface area contributed by atoms with Crippen molar-refractivity contribution in [2.45, 2.75) is 13.5 Å². The Labute approximate surface area is 150 Å². The second-order valence-electron chi connectivity index (χ2n) is 5.96. The molecule has 4 rings (SSSR count). The first-order valence-electron chi connectivity index (χ1n) is 8.22. The number of benzene rings is 2. The minimum absolute atomic E-state index is 0.237. The van der Waals surface area contributed by atoms with Crippen molar-refractivity contribution in [3.8, 4) is 17.2 Å². The minimum atomic E-state index is -0.270. The molecule has 1 aliphatic heterocycles. The highest BCUT2D eigenvalue weighted by molar-refractivity contribution is 5.89. The predicted molar refractivity (Wildman–Crippen MR) is 96.7 cm³/mol. The molecule has 0 radical (unpaired) electrons. The van der Waals surface area contributed by atoms with E-state index in [0.717, 1.165) is 22.7 Å². The van der Waals surface area contributed by atoms with Crippen LogP contribution in [0, 0.1) is 6.92 Å². The van der Waals surface area contributed by atoms with Crippen LogP contribution in [0.3, 0.4) is 0 Å². The second-order valence-corrected chi connectivity index (χ2v) is 5.96. The Balaban J connectivity index is 1.33. The molecular weight excluding hydrogens is 332 g/mol. The number of fused-ring (bicyclic) bond motifs is 1. The molecule has 0 atom stereocenters. The van der Waals surface area contributed by atoms with E-state index in [1.807, 2.05) is 60.2 Å². The maximum Gasteiger partial charge on any atom is 0.319 e. The molecule has 0 aliphatic carbocycles. The molecule has 7 nitrogen and oxygen atoms in total. The van der Waals surface area contributed by atoms with Gasteiger partial charge in [0.05, 0.1) is 12.0 Å². The van der Waals surface area contributed by atoms with E-state index in [0.29, 0.717) is 18.0 Å². The Kier molecular flexibility index (Phi) is 4.18. The van der Waals surface area contributed by atoms with E-state index in [9.17, 15) is 4.79 Å². The van der Waals surface area contributed by atoms with Crippen LogP contribution in [-0.2, 0) is 6.54 Å². The van der Waals surface area contributed by atoms with Gasteiger partial charge in [0, 0.05) is 24.1 Å². The van der Waals surface area contributed by atoms with Crippen molar-refractivity contribution in [2.75, 3.05) is 12.1 Å². The first-order chi connectivity index (χ1) is 12.7. The summed E-state index contributed by atoms with van der Waals surface area (Å²) in [4.78, 5) is 16.3. The van der Waals surface area contributed by atoms with Crippen molar-refractivity contribution >= 4 is 11.7 Å². The molecule has 1 aliphatic rings. The van der Waals surface area contributed by atoms with Crippen molar-refractivity contribution in [1.82, 2.24) is 14.9 Å². The summed E-state index contributed by atoms with van der Waals surface area (Å²) in [7, 11) is 0. The fourth-order valence-electron chi connectivity index (χ4n) is 2.69. The zero-order chi connectivity index (χ0) is 17.9. The van der Waals surface area contributed by atoms with Gasteiger partial charge in [0.15, 0.2) is 11.5 Å². The lowest BCUT2D eigenvalue weighted by Crippen LogP contribution is -2.28. The average Bonchev–Trinajstić information content (AvgIpc) is 3.29. The third-order valence-corrected chi connectivity index (χ3v) is 4.03. The first-order valence-corrected chi connectivity index (χ1v) is 8.22. The number of nitrogens with zero attached hydrogens (tertiary/aromatic N) is 2. The summed E-state index contributed by atoms with van der Waals surface area (Å²) in [6, 6.07) is 12.9. The number of aromatic nitrogens is 2. The predicted octanol–water partition coefficient (Wildman–Crippen LogP) is 3.23. The van der Waals surface area contributed by atoms with Crippen LogP contribution in [0.1, 0.15) is 11.3 Å². The van der Waals surface area contributed by atoms with Gasteiger partial charge in [-0.1, -0.05) is 6.07 Å². The average molecular weight is 350 g/mol. The van der Waals surface area contributed by atoms with Crippen LogP contribution in [0.2, 0.25) is 0 Å². The number of amides is 2. The zero-order valence-electron chi connectivity index (χ0n) is 14.2. The molecule has 2 heterocycles. The molecule has 26 heavy (non-hydrogen) atoms. The molecule has 0 unspecified atom stereocenters. The van der Waals surface area contributed by atoms with Crippen LogP contribution in [0.5, 0.6) is 11.5 Å². The van der Waals surface area contributed by atoms with Gasteiger partial charge < -0.3 is 24.7 Å². The Bertz CT molecular complexity index is 934. The molecule has 0 spiro atoms. The number of hydrogen-bond donors (Lipinski definition) is 2. The van der Waals surface area contributed by atoms with E-state index in [4.69, 9.17) is 9.47 Å². The van der Waals surface area contributed by atoms with Gasteiger partial charge in [-0.2, -0.15) is 0 Å². The number of urea groups is 1. The molecule has 2 amide bonds. The van der Waals surface area contributed by atoms with Crippen molar-refractivity contribution in [3.05, 3.63) is 66.2 Å². The molecule has 0 saturated carbocycles. The van der Waals surface area contributed by atoms with Crippen molar-refractivity contribution in [3.63, 3.8) is 0 Å². The molecule has 3 aromatic rings. The van der Waals surface area contributed by atoms with Gasteiger partial charge in [-0.05, 0) is 48.9 Å². The van der Waals surface area contributed by atoms with Gasteiger partial charge in [-0.3, -0.25) is 0 Å². The lowest BCUT2D eigenvalue weighted by molar-refractivity contribution is 0.174. The Morgan fingerprint density at radius 1 is 1.15 bits per heavy atom. The highest BCUT2D eigenvalue weighted by Crippen LogP contribution is 2.32. The smallest absolute Gasteiger partial charge is 0.319 e. The van der Waals surface area contributed by atoms with E-state index in [1.165, 1.54) is 0 Å². The number of ether oxygens (including phenoxy) is 2. The molecule has 7 heteroatoms. The fourth-order valence-corrected chi connectivity index (χ4v) is 2.69. The van der Waals surface area contributed by atoms with Crippen LogP contribution in [-0.4, -0.2) is 22.4 Å². The lowest BCUT2D eigenvalue weighted by atomic mass is 10.2. The van der Waals surface area contributed by atoms with Crippen molar-refractivity contribution < 1.29 is 14.3 Å². The monoisotopic (exact) mass is 350 g/mol. The maximum atomic E-state index is 12.1. The molecule has 132 valence electrons. The summed E-state index contributed by atoms with van der Waals surface area (Å²) < 4.78 is 12.5. The van der Waals surface area contributed by atoms with Gasteiger partial charge in [0.2, 0.25) is 6.79 Å². The quantitative estimate of drug-likeness (QED) is 0.757. The third kappa shape index (κ3) is 3.46. The third-order valence-electron chi connectivity index (χ3n) is 4.03. The maximum absolute atomic E-state index is 12.1. The van der Waals surface area contributed by atoms with Crippen molar-refractivity contribution in [1.29, 1.82) is 0 Å². The number of imidazole rings is 1. The Morgan fingerprint density at radius 3 is 2.73 bits per heavy atom. The number of carbonyl (C=O) groups is 1. The van der Waals surface area contributed by atoms with E-state index in [-0.39, 0.29) is 12.8 Å². The first kappa shape index (κ1) is 16.0. The Morgan fingerprint density at radius 2 is 1.96 bits per heavy atom. The van der Waals surface area contributed by atoms with E-state index in [1.54, 1.807) is 6.33 Å².